The second-order valence-corrected chi connectivity index (χ2v) is 10.7. The van der Waals surface area contributed by atoms with Crippen molar-refractivity contribution in [3.05, 3.63) is 16.1 Å². The van der Waals surface area contributed by atoms with Crippen molar-refractivity contribution in [1.82, 2.24) is 9.29 Å². The maximum atomic E-state index is 12.9. The molecule has 2 bridgehead atoms. The van der Waals surface area contributed by atoms with Crippen molar-refractivity contribution in [1.29, 1.82) is 0 Å². The van der Waals surface area contributed by atoms with Crippen molar-refractivity contribution < 1.29 is 8.42 Å². The molecule has 0 radical (unpaired) electrons. The van der Waals surface area contributed by atoms with E-state index in [9.17, 15) is 8.42 Å². The van der Waals surface area contributed by atoms with Gasteiger partial charge in [0.2, 0.25) is 10.0 Å². The molecule has 2 aliphatic carbocycles. The van der Waals surface area contributed by atoms with Gasteiger partial charge in [0.25, 0.3) is 0 Å². The summed E-state index contributed by atoms with van der Waals surface area (Å²) in [6, 6.07) is 0. The molecule has 0 aromatic carbocycles. The van der Waals surface area contributed by atoms with E-state index in [1.807, 2.05) is 6.20 Å². The van der Waals surface area contributed by atoms with Crippen LogP contribution in [0.3, 0.4) is 0 Å². The van der Waals surface area contributed by atoms with E-state index in [-0.39, 0.29) is 5.25 Å². The van der Waals surface area contributed by atoms with E-state index < -0.39 is 10.0 Å². The van der Waals surface area contributed by atoms with Crippen LogP contribution in [0.1, 0.15) is 54.3 Å². The lowest BCUT2D eigenvalue weighted by Gasteiger charge is -2.34. The molecule has 22 heavy (non-hydrogen) atoms. The summed E-state index contributed by atoms with van der Waals surface area (Å²) in [6.45, 7) is 3.44. The molecule has 122 valence electrons. The fourth-order valence-corrected chi connectivity index (χ4v) is 7.96. The molecule has 1 aliphatic heterocycles. The van der Waals surface area contributed by atoms with E-state index >= 15 is 0 Å². The van der Waals surface area contributed by atoms with E-state index in [4.69, 9.17) is 0 Å². The van der Waals surface area contributed by atoms with E-state index in [1.54, 1.807) is 15.6 Å². The lowest BCUT2D eigenvalue weighted by atomic mass is 9.99. The van der Waals surface area contributed by atoms with Crippen LogP contribution in [0, 0.1) is 18.8 Å². The van der Waals surface area contributed by atoms with E-state index in [1.165, 1.54) is 16.3 Å². The van der Waals surface area contributed by atoms with Crippen LogP contribution in [0.2, 0.25) is 0 Å². The third-order valence-corrected chi connectivity index (χ3v) is 9.36. The Balaban J connectivity index is 1.42. The fraction of sp³-hybridized carbons (Fsp3) is 0.812. The molecule has 1 unspecified atom stereocenters. The molecule has 6 heteroatoms. The van der Waals surface area contributed by atoms with Gasteiger partial charge in [-0.3, -0.25) is 0 Å². The summed E-state index contributed by atoms with van der Waals surface area (Å²) in [4.78, 5) is 5.73. The van der Waals surface area contributed by atoms with Crippen LogP contribution in [0.5, 0.6) is 0 Å². The summed E-state index contributed by atoms with van der Waals surface area (Å²) in [5.74, 6) is 1.57. The molecular formula is C16H24N2O2S2. The van der Waals surface area contributed by atoms with E-state index in [0.29, 0.717) is 30.8 Å². The Kier molecular flexibility index (Phi) is 3.82. The van der Waals surface area contributed by atoms with Gasteiger partial charge in [-0.15, -0.1) is 11.3 Å². The number of fused-ring (bicyclic) bond motifs is 2. The third-order valence-electron chi connectivity index (χ3n) is 5.86. The van der Waals surface area contributed by atoms with Crippen LogP contribution in [0.15, 0.2) is 6.20 Å². The van der Waals surface area contributed by atoms with Crippen molar-refractivity contribution >= 4 is 21.4 Å². The third kappa shape index (κ3) is 2.53. The van der Waals surface area contributed by atoms with Gasteiger partial charge in [-0.25, -0.2) is 17.7 Å². The van der Waals surface area contributed by atoms with Crippen molar-refractivity contribution in [3.63, 3.8) is 0 Å². The average Bonchev–Trinajstić information content (AvgIpc) is 3.23. The topological polar surface area (TPSA) is 50.3 Å². The van der Waals surface area contributed by atoms with Crippen molar-refractivity contribution in [2.45, 2.75) is 56.6 Å². The number of thiazole rings is 1. The van der Waals surface area contributed by atoms with Gasteiger partial charge in [-0.2, -0.15) is 0 Å². The highest BCUT2D eigenvalue weighted by Crippen LogP contribution is 2.48. The van der Waals surface area contributed by atoms with Crippen LogP contribution in [0.4, 0.5) is 0 Å². The van der Waals surface area contributed by atoms with Crippen LogP contribution in [-0.2, 0) is 10.0 Å². The number of rotatable bonds is 3. The molecule has 3 atom stereocenters. The zero-order valence-corrected chi connectivity index (χ0v) is 14.7. The largest absolute Gasteiger partial charge is 0.249 e. The summed E-state index contributed by atoms with van der Waals surface area (Å²) in [6.07, 6.45) is 8.22. The van der Waals surface area contributed by atoms with E-state index in [0.717, 1.165) is 32.1 Å². The van der Waals surface area contributed by atoms with Crippen molar-refractivity contribution in [2.24, 2.45) is 11.8 Å². The molecular weight excluding hydrogens is 316 g/mol. The highest BCUT2D eigenvalue weighted by molar-refractivity contribution is 7.89. The van der Waals surface area contributed by atoms with Gasteiger partial charge in [0.05, 0.1) is 10.3 Å². The van der Waals surface area contributed by atoms with Gasteiger partial charge in [0.1, 0.15) is 0 Å². The second kappa shape index (κ2) is 5.56. The lowest BCUT2D eigenvalue weighted by Crippen LogP contribution is -2.44. The van der Waals surface area contributed by atoms with Crippen LogP contribution >= 0.6 is 11.3 Å². The predicted molar refractivity (Wildman–Crippen MR) is 88.6 cm³/mol. The first-order valence-corrected chi connectivity index (χ1v) is 10.8. The summed E-state index contributed by atoms with van der Waals surface area (Å²) < 4.78 is 27.7. The maximum Gasteiger partial charge on any atom is 0.217 e. The van der Waals surface area contributed by atoms with Gasteiger partial charge < -0.3 is 0 Å². The minimum absolute atomic E-state index is 0.0788. The van der Waals surface area contributed by atoms with Crippen LogP contribution in [-0.4, -0.2) is 36.0 Å². The van der Waals surface area contributed by atoms with Crippen molar-refractivity contribution in [3.8, 4) is 0 Å². The quantitative estimate of drug-likeness (QED) is 0.849. The van der Waals surface area contributed by atoms with Gasteiger partial charge in [0.15, 0.2) is 0 Å². The monoisotopic (exact) mass is 340 g/mol. The summed E-state index contributed by atoms with van der Waals surface area (Å²) in [7, 11) is -3.08. The molecule has 3 fully saturated rings. The second-order valence-electron chi connectivity index (χ2n) is 7.24. The zero-order valence-electron chi connectivity index (χ0n) is 13.1. The Morgan fingerprint density at radius 2 is 1.95 bits per heavy atom. The highest BCUT2D eigenvalue weighted by atomic mass is 32.2. The number of hydrogen-bond acceptors (Lipinski definition) is 4. The zero-order chi connectivity index (χ0) is 15.3. The summed E-state index contributed by atoms with van der Waals surface area (Å²) >= 11 is 1.76. The highest BCUT2D eigenvalue weighted by Gasteiger charge is 2.48. The molecule has 1 aromatic heterocycles. The number of piperidine rings is 1. The molecule has 2 saturated carbocycles. The molecule has 4 rings (SSSR count). The summed E-state index contributed by atoms with van der Waals surface area (Å²) in [5, 5.41) is 1.11. The molecule has 4 nitrogen and oxygen atoms in total. The average molecular weight is 341 g/mol. The summed E-state index contributed by atoms with van der Waals surface area (Å²) in [5.41, 5.74) is 0. The van der Waals surface area contributed by atoms with Gasteiger partial charge >= 0.3 is 0 Å². The number of hydrogen-bond donors (Lipinski definition) is 0. The predicted octanol–water partition coefficient (Wildman–Crippen LogP) is 3.15. The Morgan fingerprint density at radius 1 is 1.18 bits per heavy atom. The molecule has 3 aliphatic rings. The number of nitrogens with zero attached hydrogens (tertiary/aromatic N) is 2. The minimum Gasteiger partial charge on any atom is -0.249 e. The first-order valence-electron chi connectivity index (χ1n) is 8.45. The van der Waals surface area contributed by atoms with Crippen LogP contribution in [0.25, 0.3) is 0 Å². The number of aromatic nitrogens is 1. The van der Waals surface area contributed by atoms with Crippen LogP contribution < -0.4 is 0 Å². The first kappa shape index (κ1) is 15.1. The Bertz CT molecular complexity index is 647. The Hall–Kier alpha value is -0.460. The first-order chi connectivity index (χ1) is 10.5. The maximum absolute atomic E-state index is 12.9. The van der Waals surface area contributed by atoms with Gasteiger partial charge in [0, 0.05) is 30.1 Å². The Labute approximate surface area is 137 Å². The van der Waals surface area contributed by atoms with Crippen molar-refractivity contribution in [2.75, 3.05) is 13.1 Å². The molecule has 1 saturated heterocycles. The number of aryl methyl sites for hydroxylation is 1. The molecule has 0 spiro atoms. The van der Waals surface area contributed by atoms with E-state index in [2.05, 4.69) is 11.9 Å². The van der Waals surface area contributed by atoms with Gasteiger partial charge in [-0.1, -0.05) is 6.42 Å². The normalized spacial score (nSPS) is 33.6. The SMILES string of the molecule is Cc1cnc(C2CCN(S(=O)(=O)C3C[C@@H]4CC[C@H]3C4)CC2)s1. The smallest absolute Gasteiger partial charge is 0.217 e. The van der Waals surface area contributed by atoms with Gasteiger partial charge in [-0.05, 0) is 50.9 Å². The lowest BCUT2D eigenvalue weighted by molar-refractivity contribution is 0.309. The molecule has 0 amide bonds. The molecule has 1 aromatic rings. The minimum atomic E-state index is -3.08. The molecule has 2 heterocycles. The Morgan fingerprint density at radius 3 is 2.50 bits per heavy atom. The fourth-order valence-electron chi connectivity index (χ4n) is 4.66. The number of sulfonamides is 1. The molecule has 0 N–H and O–H groups in total. The standard InChI is InChI=1S/C16H24N2O2S2/c1-11-10-17-16(21-11)13-4-6-18(7-5-13)22(19,20)15-9-12-2-3-14(15)8-12/h10,12-15H,2-9H2,1H3/t12-,14+,15?/m1/s1.